The van der Waals surface area contributed by atoms with Gasteiger partial charge < -0.3 is 9.42 Å². The average Bonchev–Trinajstić information content (AvgIpc) is 2.90. The molecule has 0 aliphatic carbocycles. The summed E-state index contributed by atoms with van der Waals surface area (Å²) in [6.45, 7) is 0.119. The van der Waals surface area contributed by atoms with Gasteiger partial charge in [0.15, 0.2) is 5.58 Å². The maximum Gasteiger partial charge on any atom is 0.401 e. The lowest BCUT2D eigenvalue weighted by atomic mass is 10.1. The Morgan fingerprint density at radius 2 is 1.87 bits per heavy atom. The molecule has 1 aromatic heterocycles. The molecule has 5 nitrogen and oxygen atoms in total. The maximum atomic E-state index is 12.4. The van der Waals surface area contributed by atoms with Gasteiger partial charge in [-0.25, -0.2) is 0 Å². The predicted octanol–water partition coefficient (Wildman–Crippen LogP) is 2.08. The minimum Gasteiger partial charge on any atom is -0.356 e. The van der Waals surface area contributed by atoms with Crippen LogP contribution in [0.25, 0.3) is 11.0 Å². The van der Waals surface area contributed by atoms with E-state index in [4.69, 9.17) is 4.52 Å². The molecule has 3 rings (SSSR count). The van der Waals surface area contributed by atoms with Gasteiger partial charge in [0, 0.05) is 31.6 Å². The van der Waals surface area contributed by atoms with Gasteiger partial charge in [0.05, 0.1) is 13.0 Å². The highest BCUT2D eigenvalue weighted by Crippen LogP contribution is 2.20. The fourth-order valence-corrected chi connectivity index (χ4v) is 2.73. The van der Waals surface area contributed by atoms with Crippen LogP contribution in [0.1, 0.15) is 5.69 Å². The number of hydrogen-bond donors (Lipinski definition) is 0. The van der Waals surface area contributed by atoms with Crippen LogP contribution < -0.4 is 0 Å². The van der Waals surface area contributed by atoms with Crippen molar-refractivity contribution in [2.75, 3.05) is 32.7 Å². The van der Waals surface area contributed by atoms with Gasteiger partial charge in [-0.15, -0.1) is 0 Å². The minimum atomic E-state index is -4.20. The predicted molar refractivity (Wildman–Crippen MR) is 76.8 cm³/mol. The summed E-state index contributed by atoms with van der Waals surface area (Å²) >= 11 is 0. The first-order chi connectivity index (χ1) is 10.9. The summed E-state index contributed by atoms with van der Waals surface area (Å²) in [6, 6.07) is 7.25. The molecule has 0 unspecified atom stereocenters. The molecule has 124 valence electrons. The number of amides is 1. The molecule has 2 aromatic rings. The Hall–Kier alpha value is -2.09. The molecule has 1 aliphatic rings. The van der Waals surface area contributed by atoms with Gasteiger partial charge in [-0.1, -0.05) is 17.3 Å². The van der Waals surface area contributed by atoms with Crippen molar-refractivity contribution in [3.8, 4) is 0 Å². The first-order valence-corrected chi connectivity index (χ1v) is 7.32. The van der Waals surface area contributed by atoms with Crippen LogP contribution in [-0.2, 0) is 11.2 Å². The largest absolute Gasteiger partial charge is 0.401 e. The number of aromatic nitrogens is 1. The number of alkyl halides is 3. The van der Waals surface area contributed by atoms with Gasteiger partial charge in [-0.3, -0.25) is 9.69 Å². The number of benzene rings is 1. The fraction of sp³-hybridized carbons (Fsp3) is 0.467. The van der Waals surface area contributed by atoms with E-state index < -0.39 is 12.7 Å². The normalized spacial score (nSPS) is 16.9. The van der Waals surface area contributed by atoms with Crippen LogP contribution in [0.5, 0.6) is 0 Å². The number of nitrogens with zero attached hydrogens (tertiary/aromatic N) is 3. The van der Waals surface area contributed by atoms with Crippen molar-refractivity contribution >= 4 is 16.9 Å². The smallest absolute Gasteiger partial charge is 0.356 e. The molecule has 1 aromatic carbocycles. The van der Waals surface area contributed by atoms with E-state index in [-0.39, 0.29) is 25.4 Å². The standard InChI is InChI=1S/C15H16F3N3O2/c16-15(17,18)10-20-5-7-21(8-6-20)14(22)9-12-11-3-1-2-4-13(11)23-19-12/h1-4H,5-10H2. The number of carbonyl (C=O) groups is 1. The van der Waals surface area contributed by atoms with Crippen molar-refractivity contribution in [2.24, 2.45) is 0 Å². The highest BCUT2D eigenvalue weighted by Gasteiger charge is 2.32. The Kier molecular flexibility index (Phi) is 4.25. The lowest BCUT2D eigenvalue weighted by molar-refractivity contribution is -0.151. The highest BCUT2D eigenvalue weighted by atomic mass is 19.4. The third-order valence-electron chi connectivity index (χ3n) is 3.90. The van der Waals surface area contributed by atoms with E-state index in [1.54, 1.807) is 11.0 Å². The third-order valence-corrected chi connectivity index (χ3v) is 3.90. The van der Waals surface area contributed by atoms with Crippen molar-refractivity contribution in [1.29, 1.82) is 0 Å². The lowest BCUT2D eigenvalue weighted by Crippen LogP contribution is -2.51. The van der Waals surface area contributed by atoms with Gasteiger partial charge in [-0.2, -0.15) is 13.2 Å². The van der Waals surface area contributed by atoms with Crippen LogP contribution in [0.2, 0.25) is 0 Å². The van der Waals surface area contributed by atoms with Crippen LogP contribution in [0.15, 0.2) is 28.8 Å². The summed E-state index contributed by atoms with van der Waals surface area (Å²) in [4.78, 5) is 15.2. The molecule has 2 heterocycles. The first kappa shape index (κ1) is 15.8. The number of piperazine rings is 1. The van der Waals surface area contributed by atoms with Crippen LogP contribution >= 0.6 is 0 Å². The van der Waals surface area contributed by atoms with E-state index in [9.17, 15) is 18.0 Å². The molecule has 1 aliphatic heterocycles. The van der Waals surface area contributed by atoms with Crippen LogP contribution in [0.4, 0.5) is 13.2 Å². The highest BCUT2D eigenvalue weighted by molar-refractivity contribution is 5.86. The quantitative estimate of drug-likeness (QED) is 0.866. The average molecular weight is 327 g/mol. The topological polar surface area (TPSA) is 49.6 Å². The Morgan fingerprint density at radius 3 is 2.57 bits per heavy atom. The molecule has 0 spiro atoms. The summed E-state index contributed by atoms with van der Waals surface area (Å²) in [5.41, 5.74) is 1.17. The van der Waals surface area contributed by atoms with Crippen molar-refractivity contribution in [3.05, 3.63) is 30.0 Å². The van der Waals surface area contributed by atoms with E-state index in [0.29, 0.717) is 24.4 Å². The van der Waals surface area contributed by atoms with Gasteiger partial charge in [-0.05, 0) is 12.1 Å². The lowest BCUT2D eigenvalue weighted by Gasteiger charge is -2.34. The second kappa shape index (κ2) is 6.19. The molecule has 0 atom stereocenters. The first-order valence-electron chi connectivity index (χ1n) is 7.32. The molecule has 0 saturated carbocycles. The second-order valence-corrected chi connectivity index (χ2v) is 5.57. The maximum absolute atomic E-state index is 12.4. The molecule has 8 heteroatoms. The SMILES string of the molecule is O=C(Cc1noc2ccccc12)N1CCN(CC(F)(F)F)CC1. The molecular formula is C15H16F3N3O2. The van der Waals surface area contributed by atoms with Crippen LogP contribution in [0, 0.1) is 0 Å². The van der Waals surface area contributed by atoms with Crippen molar-refractivity contribution in [1.82, 2.24) is 15.0 Å². The number of carbonyl (C=O) groups excluding carboxylic acids is 1. The molecule has 23 heavy (non-hydrogen) atoms. The molecule has 0 bridgehead atoms. The van der Waals surface area contributed by atoms with Crippen LogP contribution in [0.3, 0.4) is 0 Å². The van der Waals surface area contributed by atoms with Gasteiger partial charge in [0.25, 0.3) is 0 Å². The second-order valence-electron chi connectivity index (χ2n) is 5.57. The van der Waals surface area contributed by atoms with Crippen molar-refractivity contribution in [2.45, 2.75) is 12.6 Å². The van der Waals surface area contributed by atoms with E-state index in [0.717, 1.165) is 5.39 Å². The Labute approximate surface area is 130 Å². The Bertz CT molecular complexity index is 691. The number of hydrogen-bond acceptors (Lipinski definition) is 4. The summed E-state index contributed by atoms with van der Waals surface area (Å²) in [5, 5.41) is 4.70. The zero-order valence-corrected chi connectivity index (χ0v) is 12.3. The molecule has 1 fully saturated rings. The monoisotopic (exact) mass is 327 g/mol. The molecule has 0 radical (unpaired) electrons. The van der Waals surface area contributed by atoms with Gasteiger partial charge in [0.1, 0.15) is 5.69 Å². The van der Waals surface area contributed by atoms with E-state index in [1.165, 1.54) is 4.90 Å². The number of halogens is 3. The van der Waals surface area contributed by atoms with Crippen LogP contribution in [-0.4, -0.2) is 59.8 Å². The summed E-state index contributed by atoms with van der Waals surface area (Å²) in [7, 11) is 0. The molecule has 0 N–H and O–H groups in total. The molecular weight excluding hydrogens is 311 g/mol. The summed E-state index contributed by atoms with van der Waals surface area (Å²) in [6.07, 6.45) is -4.11. The van der Waals surface area contributed by atoms with E-state index in [2.05, 4.69) is 5.16 Å². The molecule has 1 amide bonds. The summed E-state index contributed by atoms with van der Waals surface area (Å²) < 4.78 is 42.2. The Balaban J connectivity index is 1.58. The Morgan fingerprint density at radius 1 is 1.17 bits per heavy atom. The van der Waals surface area contributed by atoms with Gasteiger partial charge >= 0.3 is 6.18 Å². The van der Waals surface area contributed by atoms with Gasteiger partial charge in [0.2, 0.25) is 5.91 Å². The van der Waals surface area contributed by atoms with Crippen molar-refractivity contribution in [3.63, 3.8) is 0 Å². The summed E-state index contributed by atoms with van der Waals surface area (Å²) in [5.74, 6) is -0.143. The number of rotatable bonds is 3. The minimum absolute atomic E-state index is 0.0935. The number of para-hydroxylation sites is 1. The number of fused-ring (bicyclic) bond motifs is 1. The molecule has 1 saturated heterocycles. The van der Waals surface area contributed by atoms with Crippen molar-refractivity contribution < 1.29 is 22.5 Å². The van der Waals surface area contributed by atoms with E-state index >= 15 is 0 Å². The zero-order chi connectivity index (χ0) is 16.4. The zero-order valence-electron chi connectivity index (χ0n) is 12.3. The third kappa shape index (κ3) is 3.82. The van der Waals surface area contributed by atoms with E-state index in [1.807, 2.05) is 18.2 Å². The fourth-order valence-electron chi connectivity index (χ4n) is 2.73.